The fourth-order valence-electron chi connectivity index (χ4n) is 5.87. The Balaban J connectivity index is 2.02. The lowest BCUT2D eigenvalue weighted by Gasteiger charge is -2.21. The van der Waals surface area contributed by atoms with Crippen LogP contribution < -0.4 is 59.3 Å². The van der Waals surface area contributed by atoms with Gasteiger partial charge >= 0.3 is 17.9 Å². The van der Waals surface area contributed by atoms with Crippen LogP contribution in [0.25, 0.3) is 0 Å². The normalized spacial score (nSPS) is 12.9. The molecule has 30 heteroatoms. The molecule has 5 atom stereocenters. The molecule has 2 aromatic heterocycles. The molecule has 0 radical (unpaired) electrons. The van der Waals surface area contributed by atoms with Gasteiger partial charge in [0.25, 0.3) is 0 Å². The van der Waals surface area contributed by atoms with Crippen molar-refractivity contribution in [2.45, 2.75) is 88.0 Å². The van der Waals surface area contributed by atoms with E-state index in [-0.39, 0.29) is 19.3 Å². The van der Waals surface area contributed by atoms with Gasteiger partial charge in [0.2, 0.25) is 53.2 Å². The van der Waals surface area contributed by atoms with E-state index in [0.29, 0.717) is 30.8 Å². The minimum absolute atomic E-state index is 0.0291. The van der Waals surface area contributed by atoms with Gasteiger partial charge in [0, 0.05) is 49.5 Å². The number of aromatic nitrogens is 4. The fourth-order valence-corrected chi connectivity index (χ4v) is 5.87. The predicted octanol–water partition coefficient (Wildman–Crippen LogP) is -7.29. The monoisotopic (exact) mass is 963 g/mol. The minimum Gasteiger partial charge on any atom is -0.481 e. The van der Waals surface area contributed by atoms with E-state index in [9.17, 15) is 67.7 Å². The molecule has 374 valence electrons. The Morgan fingerprint density at radius 3 is 1.16 bits per heavy atom. The minimum atomic E-state index is -1.60. The molecule has 68 heavy (non-hydrogen) atoms. The van der Waals surface area contributed by atoms with Crippen LogP contribution in [0.1, 0.15) is 56.3 Å². The quantitative estimate of drug-likeness (QED) is 0.0296. The van der Waals surface area contributed by atoms with E-state index >= 15 is 0 Å². The summed E-state index contributed by atoms with van der Waals surface area (Å²) >= 11 is 0. The van der Waals surface area contributed by atoms with Gasteiger partial charge in [-0.2, -0.15) is 0 Å². The molecule has 18 N–H and O–H groups in total. The topological polar surface area (TPSA) is 483 Å². The highest BCUT2D eigenvalue weighted by molar-refractivity contribution is 5.96. The third-order valence-corrected chi connectivity index (χ3v) is 9.32. The Hall–Kier alpha value is -8.02. The summed E-state index contributed by atoms with van der Waals surface area (Å²) in [4.78, 5) is 163. The highest BCUT2D eigenvalue weighted by Crippen LogP contribution is 2.04. The Bertz CT molecular complexity index is 2050. The number of rotatable bonds is 33. The van der Waals surface area contributed by atoms with Crippen molar-refractivity contribution in [1.29, 1.82) is 0 Å². The molecule has 0 saturated heterocycles. The molecule has 9 amide bonds. The largest absolute Gasteiger partial charge is 0.481 e. The number of aliphatic carboxylic acids is 3. The van der Waals surface area contributed by atoms with Crippen LogP contribution in [0.3, 0.4) is 0 Å². The van der Waals surface area contributed by atoms with Crippen molar-refractivity contribution in [3.63, 3.8) is 0 Å². The van der Waals surface area contributed by atoms with Crippen LogP contribution in [-0.4, -0.2) is 176 Å². The van der Waals surface area contributed by atoms with Crippen molar-refractivity contribution in [1.82, 2.24) is 67.8 Å². The van der Waals surface area contributed by atoms with E-state index in [0.717, 1.165) is 0 Å². The zero-order valence-corrected chi connectivity index (χ0v) is 36.6. The standard InChI is InChI=1S/C38H57N15O15/c39-8-2-1-3-24(38(67)68)51-30(57)16-44-35(64)23(5-7-33(61)62)49-28(55)14-43-34(63)22(4-6-32(59)60)50-29(56)15-45-37(66)26(10-21-13-42-19-48-21)53-31(58)17-46-36(65)25(52-27(54)11-40)9-20-12-41-18-47-20/h12-13,18-19,22-26H,1-11,14-17,39-40H2,(H,41,47)(H,42,48)(H,43,63)(H,44,64)(H,45,66)(H,46,65)(H,49,55)(H,50,56)(H,51,57)(H,52,54)(H,53,58)(H,59,60)(H,61,62)(H,67,68)/t22-,23-,24-,25-,26-/m0/s1. The molecular formula is C38H57N15O15. The lowest BCUT2D eigenvalue weighted by atomic mass is 10.1. The number of nitrogens with zero attached hydrogens (tertiary/aromatic N) is 2. The van der Waals surface area contributed by atoms with Crippen LogP contribution in [0.15, 0.2) is 25.0 Å². The van der Waals surface area contributed by atoms with Crippen molar-refractivity contribution >= 4 is 71.1 Å². The van der Waals surface area contributed by atoms with Crippen molar-refractivity contribution in [3.05, 3.63) is 36.4 Å². The lowest BCUT2D eigenvalue weighted by molar-refractivity contribution is -0.142. The van der Waals surface area contributed by atoms with Gasteiger partial charge in [0.15, 0.2) is 0 Å². The molecule has 0 saturated carbocycles. The van der Waals surface area contributed by atoms with Crippen LogP contribution in [0.5, 0.6) is 0 Å². The van der Waals surface area contributed by atoms with E-state index in [1.54, 1.807) is 0 Å². The molecule has 2 rings (SSSR count). The molecule has 0 aliphatic rings. The average molecular weight is 964 g/mol. The molecular weight excluding hydrogens is 907 g/mol. The molecule has 2 heterocycles. The maximum Gasteiger partial charge on any atom is 0.326 e. The number of carboxylic acid groups (broad SMARTS) is 3. The first-order valence-electron chi connectivity index (χ1n) is 20.9. The maximum absolute atomic E-state index is 13.3. The first-order chi connectivity index (χ1) is 32.3. The van der Waals surface area contributed by atoms with Gasteiger partial charge in [0.1, 0.15) is 30.2 Å². The summed E-state index contributed by atoms with van der Waals surface area (Å²) in [7, 11) is 0. The van der Waals surface area contributed by atoms with Crippen LogP contribution in [-0.2, 0) is 70.4 Å². The number of H-pyrrole nitrogens is 2. The second kappa shape index (κ2) is 30.2. The number of imidazole rings is 2. The second-order valence-corrected chi connectivity index (χ2v) is 14.7. The number of carboxylic acids is 3. The molecule has 0 spiro atoms. The second-order valence-electron chi connectivity index (χ2n) is 14.7. The van der Waals surface area contributed by atoms with Gasteiger partial charge < -0.3 is 84.6 Å². The number of aromatic amines is 2. The van der Waals surface area contributed by atoms with Gasteiger partial charge in [-0.1, -0.05) is 0 Å². The number of amides is 9. The number of hydrogen-bond donors (Lipinski definition) is 16. The van der Waals surface area contributed by atoms with E-state index in [2.05, 4.69) is 67.8 Å². The maximum atomic E-state index is 13.3. The number of nitrogens with two attached hydrogens (primary N) is 2. The summed E-state index contributed by atoms with van der Waals surface area (Å²) in [5.41, 5.74) is 11.6. The Labute approximate surface area is 386 Å². The number of carbonyl (C=O) groups is 12. The van der Waals surface area contributed by atoms with Crippen molar-refractivity contribution in [3.8, 4) is 0 Å². The molecule has 0 aliphatic heterocycles. The number of unbranched alkanes of at least 4 members (excludes halogenated alkanes) is 1. The molecule has 0 unspecified atom stereocenters. The van der Waals surface area contributed by atoms with Crippen LogP contribution in [0, 0.1) is 0 Å². The number of hydrogen-bond acceptors (Lipinski definition) is 16. The van der Waals surface area contributed by atoms with E-state index < -0.39 is 160 Å². The summed E-state index contributed by atoms with van der Waals surface area (Å²) in [5, 5.41) is 48.3. The van der Waals surface area contributed by atoms with Gasteiger partial charge in [-0.15, -0.1) is 0 Å². The zero-order valence-electron chi connectivity index (χ0n) is 36.6. The average Bonchev–Trinajstić information content (AvgIpc) is 4.02. The van der Waals surface area contributed by atoms with Gasteiger partial charge in [-0.3, -0.25) is 52.7 Å². The van der Waals surface area contributed by atoms with E-state index in [1.807, 2.05) is 0 Å². The van der Waals surface area contributed by atoms with Crippen LogP contribution in [0.4, 0.5) is 0 Å². The van der Waals surface area contributed by atoms with E-state index in [4.69, 9.17) is 16.6 Å². The summed E-state index contributed by atoms with van der Waals surface area (Å²) in [6.07, 6.45) is 3.91. The smallest absolute Gasteiger partial charge is 0.326 e. The zero-order chi connectivity index (χ0) is 50.6. The highest BCUT2D eigenvalue weighted by Gasteiger charge is 2.28. The number of nitrogens with one attached hydrogen (secondary N) is 11. The highest BCUT2D eigenvalue weighted by atomic mass is 16.4. The van der Waals surface area contributed by atoms with Crippen molar-refractivity contribution in [2.24, 2.45) is 11.5 Å². The Morgan fingerprint density at radius 2 is 0.838 bits per heavy atom. The summed E-state index contributed by atoms with van der Waals surface area (Å²) in [6, 6.07) is -6.98. The lowest BCUT2D eigenvalue weighted by Crippen LogP contribution is -2.55. The molecule has 0 aliphatic carbocycles. The first-order valence-corrected chi connectivity index (χ1v) is 20.9. The van der Waals surface area contributed by atoms with Gasteiger partial charge in [-0.25, -0.2) is 14.8 Å². The third-order valence-electron chi connectivity index (χ3n) is 9.32. The van der Waals surface area contributed by atoms with Crippen LogP contribution >= 0.6 is 0 Å². The predicted molar refractivity (Wildman–Crippen MR) is 230 cm³/mol. The molecule has 30 nitrogen and oxygen atoms in total. The molecule has 0 bridgehead atoms. The Kier molecular flexibility index (Phi) is 24.9. The van der Waals surface area contributed by atoms with Gasteiger partial charge in [0.05, 0.1) is 45.4 Å². The summed E-state index contributed by atoms with van der Waals surface area (Å²) < 4.78 is 0. The van der Waals surface area contributed by atoms with Crippen molar-refractivity contribution in [2.75, 3.05) is 39.3 Å². The molecule has 0 aromatic carbocycles. The number of carbonyl (C=O) groups excluding carboxylic acids is 9. The first kappa shape index (κ1) is 56.1. The molecule has 2 aromatic rings. The SMILES string of the molecule is NCCCC[C@H](NC(=O)CNC(=O)[C@H](CCC(=O)O)NC(=O)CNC(=O)[C@H](CCC(=O)O)NC(=O)CNC(=O)[C@H](Cc1cnc[nH]1)NC(=O)CNC(=O)[C@H](Cc1cnc[nH]1)NC(=O)CN)C(=O)O. The van der Waals surface area contributed by atoms with Crippen LogP contribution in [0.2, 0.25) is 0 Å². The summed E-state index contributed by atoms with van der Waals surface area (Å²) in [5.74, 6) is -12.3. The van der Waals surface area contributed by atoms with Gasteiger partial charge in [-0.05, 0) is 38.6 Å². The summed E-state index contributed by atoms with van der Waals surface area (Å²) in [6.45, 7) is -3.21. The Morgan fingerprint density at radius 1 is 0.485 bits per heavy atom. The van der Waals surface area contributed by atoms with E-state index in [1.165, 1.54) is 25.0 Å². The fraction of sp³-hybridized carbons (Fsp3) is 0.526. The van der Waals surface area contributed by atoms with Crippen molar-refractivity contribution < 1.29 is 72.9 Å². The molecule has 0 fully saturated rings. The third kappa shape index (κ3) is 22.7.